The molecule has 0 saturated heterocycles. The lowest BCUT2D eigenvalue weighted by molar-refractivity contribution is -0.117. The molecule has 156 valence electrons. The van der Waals surface area contributed by atoms with Gasteiger partial charge in [0.15, 0.2) is 11.5 Å². The van der Waals surface area contributed by atoms with Crippen LogP contribution in [0.5, 0.6) is 11.5 Å². The molecule has 1 amide bonds. The summed E-state index contributed by atoms with van der Waals surface area (Å²) in [5.41, 5.74) is 1.70. The zero-order valence-electron chi connectivity index (χ0n) is 16.8. The largest absolute Gasteiger partial charge is 0.493 e. The molecule has 1 unspecified atom stereocenters. The Bertz CT molecular complexity index is 991. The van der Waals surface area contributed by atoms with Crippen LogP contribution < -0.4 is 14.8 Å². The van der Waals surface area contributed by atoms with Gasteiger partial charge in [0, 0.05) is 6.08 Å². The minimum atomic E-state index is -0.261. The quantitative estimate of drug-likeness (QED) is 0.525. The van der Waals surface area contributed by atoms with Crippen LogP contribution in [-0.4, -0.2) is 34.4 Å². The second-order valence-corrected chi connectivity index (χ2v) is 6.80. The van der Waals surface area contributed by atoms with Crippen LogP contribution in [0.3, 0.4) is 0 Å². The number of halogens is 1. The summed E-state index contributed by atoms with van der Waals surface area (Å²) in [4.78, 5) is 16.6. The van der Waals surface area contributed by atoms with E-state index in [0.29, 0.717) is 29.7 Å². The first-order chi connectivity index (χ1) is 14.6. The van der Waals surface area contributed by atoms with E-state index in [0.717, 1.165) is 11.1 Å². The van der Waals surface area contributed by atoms with Gasteiger partial charge in [-0.15, -0.1) is 0 Å². The molecule has 2 aromatic carbocycles. The molecule has 1 aromatic heterocycles. The van der Waals surface area contributed by atoms with Crippen molar-refractivity contribution in [1.82, 2.24) is 20.1 Å². The van der Waals surface area contributed by atoms with E-state index in [1.165, 1.54) is 12.4 Å². The monoisotopic (exact) mass is 426 g/mol. The number of benzene rings is 2. The molecule has 0 aliphatic carbocycles. The Hall–Kier alpha value is -3.32. The van der Waals surface area contributed by atoms with Crippen LogP contribution in [0.4, 0.5) is 0 Å². The van der Waals surface area contributed by atoms with Gasteiger partial charge in [0.2, 0.25) is 5.91 Å². The minimum Gasteiger partial charge on any atom is -0.493 e. The Labute approximate surface area is 180 Å². The summed E-state index contributed by atoms with van der Waals surface area (Å²) in [6.07, 6.45) is 6.22. The molecule has 3 aromatic rings. The molecule has 1 heterocycles. The number of carbonyl (C=O) groups excluding carboxylic acids is 1. The van der Waals surface area contributed by atoms with Crippen LogP contribution in [0.25, 0.3) is 6.08 Å². The van der Waals surface area contributed by atoms with E-state index in [1.54, 1.807) is 36.3 Å². The fourth-order valence-electron chi connectivity index (χ4n) is 2.95. The predicted molar refractivity (Wildman–Crippen MR) is 116 cm³/mol. The van der Waals surface area contributed by atoms with E-state index in [1.807, 2.05) is 37.3 Å². The lowest BCUT2D eigenvalue weighted by Gasteiger charge is -2.18. The van der Waals surface area contributed by atoms with Crippen LogP contribution in [0, 0.1) is 0 Å². The molecule has 3 rings (SSSR count). The maximum Gasteiger partial charge on any atom is 0.244 e. The molecule has 7 nitrogen and oxygen atoms in total. The van der Waals surface area contributed by atoms with Gasteiger partial charge in [-0.25, -0.2) is 4.98 Å². The van der Waals surface area contributed by atoms with E-state index < -0.39 is 0 Å². The van der Waals surface area contributed by atoms with Gasteiger partial charge in [-0.2, -0.15) is 5.10 Å². The van der Waals surface area contributed by atoms with Crippen molar-refractivity contribution in [2.75, 3.05) is 13.7 Å². The third-order valence-electron chi connectivity index (χ3n) is 4.32. The zero-order valence-corrected chi connectivity index (χ0v) is 17.5. The molecule has 0 spiro atoms. The molecule has 0 bridgehead atoms. The average molecular weight is 427 g/mol. The summed E-state index contributed by atoms with van der Waals surface area (Å²) < 4.78 is 12.5. The van der Waals surface area contributed by atoms with Crippen molar-refractivity contribution in [3.63, 3.8) is 0 Å². The third kappa shape index (κ3) is 5.61. The average Bonchev–Trinajstić information content (AvgIpc) is 3.27. The standard InChI is InChI=1S/C22H23ClN4O3/c1-3-30-22-18(23)11-16(12-20(22)29-2)9-10-21(28)26-19(13-27-15-24-14-25-27)17-7-5-4-6-8-17/h4-12,14-15,19H,3,13H2,1-2H3,(H,26,28)/b10-9+. The van der Waals surface area contributed by atoms with E-state index in [9.17, 15) is 4.79 Å². The molecule has 0 saturated carbocycles. The van der Waals surface area contributed by atoms with Crippen molar-refractivity contribution in [3.8, 4) is 11.5 Å². The Morgan fingerprint density at radius 1 is 1.30 bits per heavy atom. The fourth-order valence-corrected chi connectivity index (χ4v) is 3.22. The van der Waals surface area contributed by atoms with Gasteiger partial charge in [0.1, 0.15) is 12.7 Å². The Morgan fingerprint density at radius 3 is 2.77 bits per heavy atom. The van der Waals surface area contributed by atoms with Gasteiger partial charge >= 0.3 is 0 Å². The number of aromatic nitrogens is 3. The maximum atomic E-state index is 12.6. The van der Waals surface area contributed by atoms with Crippen LogP contribution in [0.15, 0.2) is 61.2 Å². The van der Waals surface area contributed by atoms with Crippen LogP contribution >= 0.6 is 11.6 Å². The Morgan fingerprint density at radius 2 is 2.10 bits per heavy atom. The van der Waals surface area contributed by atoms with Crippen molar-refractivity contribution >= 4 is 23.6 Å². The molecule has 0 fully saturated rings. The minimum absolute atomic E-state index is 0.243. The second kappa shape index (κ2) is 10.5. The summed E-state index contributed by atoms with van der Waals surface area (Å²) in [7, 11) is 1.54. The molecule has 0 aliphatic rings. The summed E-state index contributed by atoms with van der Waals surface area (Å²) in [6.45, 7) is 2.81. The summed E-state index contributed by atoms with van der Waals surface area (Å²) in [5, 5.41) is 7.56. The summed E-state index contributed by atoms with van der Waals surface area (Å²) in [6, 6.07) is 12.9. The number of carbonyl (C=O) groups is 1. The van der Waals surface area contributed by atoms with E-state index in [-0.39, 0.29) is 11.9 Å². The smallest absolute Gasteiger partial charge is 0.244 e. The van der Waals surface area contributed by atoms with Gasteiger partial charge in [0.25, 0.3) is 0 Å². The molecule has 1 atom stereocenters. The molecule has 1 N–H and O–H groups in total. The number of rotatable bonds is 9. The number of hydrogen-bond acceptors (Lipinski definition) is 5. The predicted octanol–water partition coefficient (Wildman–Crippen LogP) is 3.91. The van der Waals surface area contributed by atoms with Crippen LogP contribution in [0.2, 0.25) is 5.02 Å². The lowest BCUT2D eigenvalue weighted by Crippen LogP contribution is -2.30. The van der Waals surface area contributed by atoms with Gasteiger partial charge in [0.05, 0.1) is 31.3 Å². The van der Waals surface area contributed by atoms with E-state index in [2.05, 4.69) is 15.4 Å². The topological polar surface area (TPSA) is 78.3 Å². The van der Waals surface area contributed by atoms with Crippen LogP contribution in [-0.2, 0) is 11.3 Å². The number of methoxy groups -OCH3 is 1. The highest BCUT2D eigenvalue weighted by atomic mass is 35.5. The van der Waals surface area contributed by atoms with Crippen molar-refractivity contribution < 1.29 is 14.3 Å². The van der Waals surface area contributed by atoms with Crippen molar-refractivity contribution in [2.45, 2.75) is 19.5 Å². The van der Waals surface area contributed by atoms with E-state index in [4.69, 9.17) is 21.1 Å². The number of hydrogen-bond donors (Lipinski definition) is 1. The Balaban J connectivity index is 1.75. The molecule has 0 aliphatic heterocycles. The third-order valence-corrected chi connectivity index (χ3v) is 4.60. The number of nitrogens with zero attached hydrogens (tertiary/aromatic N) is 3. The number of ether oxygens (including phenoxy) is 2. The van der Waals surface area contributed by atoms with Crippen molar-refractivity contribution in [3.05, 3.63) is 77.3 Å². The highest BCUT2D eigenvalue weighted by molar-refractivity contribution is 6.32. The molecule has 30 heavy (non-hydrogen) atoms. The first-order valence-corrected chi connectivity index (χ1v) is 9.84. The summed E-state index contributed by atoms with van der Waals surface area (Å²) in [5.74, 6) is 0.755. The lowest BCUT2D eigenvalue weighted by atomic mass is 10.1. The van der Waals surface area contributed by atoms with Gasteiger partial charge in [-0.05, 0) is 36.3 Å². The maximum absolute atomic E-state index is 12.6. The van der Waals surface area contributed by atoms with Crippen LogP contribution in [0.1, 0.15) is 24.1 Å². The zero-order chi connectivity index (χ0) is 21.3. The summed E-state index contributed by atoms with van der Waals surface area (Å²) >= 11 is 6.30. The first kappa shape index (κ1) is 21.4. The van der Waals surface area contributed by atoms with Crippen molar-refractivity contribution in [2.24, 2.45) is 0 Å². The highest BCUT2D eigenvalue weighted by Crippen LogP contribution is 2.36. The molecule has 8 heteroatoms. The molecular formula is C22H23ClN4O3. The molecular weight excluding hydrogens is 404 g/mol. The SMILES string of the molecule is CCOc1c(Cl)cc(/C=C/C(=O)NC(Cn2cncn2)c2ccccc2)cc1OC. The van der Waals surface area contributed by atoms with Gasteiger partial charge in [-0.1, -0.05) is 41.9 Å². The highest BCUT2D eigenvalue weighted by Gasteiger charge is 2.15. The van der Waals surface area contributed by atoms with Crippen molar-refractivity contribution in [1.29, 1.82) is 0 Å². The van der Waals surface area contributed by atoms with Gasteiger partial charge in [-0.3, -0.25) is 9.48 Å². The number of amides is 1. The van der Waals surface area contributed by atoms with Gasteiger partial charge < -0.3 is 14.8 Å². The normalized spacial score (nSPS) is 12.0. The fraction of sp³-hybridized carbons (Fsp3) is 0.227. The number of nitrogens with one attached hydrogen (secondary N) is 1. The van der Waals surface area contributed by atoms with E-state index >= 15 is 0 Å². The Kier molecular flexibility index (Phi) is 7.45. The molecule has 0 radical (unpaired) electrons. The second-order valence-electron chi connectivity index (χ2n) is 6.39. The first-order valence-electron chi connectivity index (χ1n) is 9.47.